The number of hydrogen-bond acceptors (Lipinski definition) is 12. The van der Waals surface area contributed by atoms with E-state index >= 15 is 4.39 Å². The van der Waals surface area contributed by atoms with E-state index in [4.69, 9.17) is 29.4 Å². The molecule has 0 bridgehead atoms. The van der Waals surface area contributed by atoms with Crippen molar-refractivity contribution in [3.63, 3.8) is 0 Å². The average molecular weight is 704 g/mol. The predicted octanol–water partition coefficient (Wildman–Crippen LogP) is 3.49. The van der Waals surface area contributed by atoms with E-state index in [9.17, 15) is 22.0 Å². The number of piperidine rings is 1. The summed E-state index contributed by atoms with van der Waals surface area (Å²) in [6, 6.07) is 5.63. The zero-order valence-corrected chi connectivity index (χ0v) is 27.2. The Balaban J connectivity index is 1.35. The Bertz CT molecular complexity index is 1980. The Kier molecular flexibility index (Phi) is 9.62. The molecule has 2 aliphatic rings. The number of methoxy groups -OCH3 is 1. The third-order valence-corrected chi connectivity index (χ3v) is 8.65. The first-order valence-electron chi connectivity index (χ1n) is 15.2. The number of hydroxylamine groups is 1. The van der Waals surface area contributed by atoms with Gasteiger partial charge in [0.15, 0.2) is 0 Å². The van der Waals surface area contributed by atoms with Crippen LogP contribution in [-0.4, -0.2) is 93.3 Å². The fourth-order valence-corrected chi connectivity index (χ4v) is 6.37. The topological polar surface area (TPSA) is 168 Å². The van der Waals surface area contributed by atoms with Gasteiger partial charge >= 0.3 is 0 Å². The van der Waals surface area contributed by atoms with Crippen LogP contribution >= 0.6 is 0 Å². The van der Waals surface area contributed by atoms with Crippen molar-refractivity contribution in [1.82, 2.24) is 20.4 Å². The summed E-state index contributed by atoms with van der Waals surface area (Å²) in [4.78, 5) is 28.8. The molecule has 2 aliphatic heterocycles. The lowest BCUT2D eigenvalue weighted by atomic mass is 10.0. The molecule has 0 radical (unpaired) electrons. The number of carbonyl (C=O) groups excluding carboxylic acids is 1. The lowest BCUT2D eigenvalue weighted by Crippen LogP contribution is -2.39. The van der Waals surface area contributed by atoms with Gasteiger partial charge in [0, 0.05) is 67.8 Å². The van der Waals surface area contributed by atoms with E-state index in [-0.39, 0.29) is 52.7 Å². The van der Waals surface area contributed by atoms with Crippen LogP contribution in [0.3, 0.4) is 0 Å². The third-order valence-electron chi connectivity index (χ3n) is 8.06. The van der Waals surface area contributed by atoms with Crippen molar-refractivity contribution in [2.45, 2.75) is 18.9 Å². The Hall–Kier alpha value is -4.94. The molecule has 2 aromatic carbocycles. The summed E-state index contributed by atoms with van der Waals surface area (Å²) in [5.74, 6) is -3.15. The first kappa shape index (κ1) is 33.9. The molecule has 2 fully saturated rings. The molecule has 18 heteroatoms. The average Bonchev–Trinajstić information content (AvgIpc) is 3.07. The van der Waals surface area contributed by atoms with Gasteiger partial charge in [0.25, 0.3) is 5.91 Å². The number of amides is 1. The summed E-state index contributed by atoms with van der Waals surface area (Å²) in [5, 5.41) is 9.08. The van der Waals surface area contributed by atoms with Gasteiger partial charge in [0.05, 0.1) is 32.3 Å². The van der Waals surface area contributed by atoms with E-state index in [1.54, 1.807) is 0 Å². The SMILES string of the molecule is COc1ncc(-c2nc(N3CCOCC3)nc3c(OC4CCN(c5c(F)cc(C(=O)NO)cc5F)CC4)cc(F)cc23)cc1NS(C)(=O)=O. The Morgan fingerprint density at radius 1 is 1.00 bits per heavy atom. The van der Waals surface area contributed by atoms with Crippen LogP contribution in [0.15, 0.2) is 36.5 Å². The van der Waals surface area contributed by atoms with Gasteiger partial charge in [-0.05, 0) is 24.3 Å². The van der Waals surface area contributed by atoms with Crippen LogP contribution in [0.2, 0.25) is 0 Å². The zero-order chi connectivity index (χ0) is 34.9. The minimum atomic E-state index is -3.71. The van der Waals surface area contributed by atoms with Crippen LogP contribution in [-0.2, 0) is 14.8 Å². The van der Waals surface area contributed by atoms with Gasteiger partial charge in [-0.2, -0.15) is 0 Å². The molecule has 2 saturated heterocycles. The molecule has 1 amide bonds. The molecular weight excluding hydrogens is 671 g/mol. The van der Waals surface area contributed by atoms with Crippen molar-refractivity contribution >= 4 is 44.2 Å². The maximum Gasteiger partial charge on any atom is 0.274 e. The van der Waals surface area contributed by atoms with Crippen LogP contribution in [0, 0.1) is 17.5 Å². The van der Waals surface area contributed by atoms with Crippen molar-refractivity contribution in [3.05, 3.63) is 59.5 Å². The van der Waals surface area contributed by atoms with Crippen molar-refractivity contribution in [2.75, 3.05) is 67.3 Å². The second kappa shape index (κ2) is 13.9. The van der Waals surface area contributed by atoms with E-state index in [1.807, 2.05) is 4.90 Å². The van der Waals surface area contributed by atoms with Crippen LogP contribution in [0.5, 0.6) is 11.6 Å². The predicted molar refractivity (Wildman–Crippen MR) is 172 cm³/mol. The number of fused-ring (bicyclic) bond motifs is 1. The number of halogens is 3. The number of benzene rings is 2. The normalized spacial score (nSPS) is 15.7. The van der Waals surface area contributed by atoms with Crippen LogP contribution < -0.4 is 29.5 Å². The lowest BCUT2D eigenvalue weighted by Gasteiger charge is -2.34. The highest BCUT2D eigenvalue weighted by atomic mass is 32.2. The molecule has 0 unspecified atom stereocenters. The molecule has 0 atom stereocenters. The molecular formula is C31H32F3N7O7S. The maximum atomic E-state index is 15.3. The molecule has 6 rings (SSSR count). The maximum absolute atomic E-state index is 15.3. The first-order chi connectivity index (χ1) is 23.4. The van der Waals surface area contributed by atoms with Crippen LogP contribution in [0.4, 0.5) is 30.5 Å². The van der Waals surface area contributed by atoms with Gasteiger partial charge in [0.2, 0.25) is 21.9 Å². The number of morpholine rings is 1. The lowest BCUT2D eigenvalue weighted by molar-refractivity contribution is 0.0705. The number of carbonyl (C=O) groups is 1. The first-order valence-corrected chi connectivity index (χ1v) is 17.0. The number of aromatic nitrogens is 3. The number of rotatable bonds is 9. The molecule has 14 nitrogen and oxygen atoms in total. The van der Waals surface area contributed by atoms with E-state index < -0.39 is 39.5 Å². The minimum absolute atomic E-state index is 0.0221. The van der Waals surface area contributed by atoms with Crippen molar-refractivity contribution in [1.29, 1.82) is 0 Å². The van der Waals surface area contributed by atoms with Gasteiger partial charge in [-0.3, -0.25) is 14.7 Å². The molecule has 49 heavy (non-hydrogen) atoms. The summed E-state index contributed by atoms with van der Waals surface area (Å²) < 4.78 is 88.7. The van der Waals surface area contributed by atoms with E-state index in [0.717, 1.165) is 18.4 Å². The molecule has 2 aromatic heterocycles. The highest BCUT2D eigenvalue weighted by Crippen LogP contribution is 2.38. The van der Waals surface area contributed by atoms with Gasteiger partial charge in [0.1, 0.15) is 46.2 Å². The summed E-state index contributed by atoms with van der Waals surface area (Å²) in [6.45, 7) is 2.22. The smallest absolute Gasteiger partial charge is 0.274 e. The summed E-state index contributed by atoms with van der Waals surface area (Å²) in [6.07, 6.45) is 2.56. The highest BCUT2D eigenvalue weighted by Gasteiger charge is 2.28. The molecule has 3 N–H and O–H groups in total. The largest absolute Gasteiger partial charge is 0.488 e. The molecule has 0 saturated carbocycles. The summed E-state index contributed by atoms with van der Waals surface area (Å²) >= 11 is 0. The Morgan fingerprint density at radius 2 is 1.69 bits per heavy atom. The minimum Gasteiger partial charge on any atom is -0.488 e. The summed E-state index contributed by atoms with van der Waals surface area (Å²) in [5.41, 5.74) is 1.63. The van der Waals surface area contributed by atoms with Gasteiger partial charge in [-0.15, -0.1) is 0 Å². The molecule has 4 heterocycles. The number of ether oxygens (including phenoxy) is 3. The molecule has 4 aromatic rings. The van der Waals surface area contributed by atoms with Gasteiger partial charge in [-0.1, -0.05) is 0 Å². The fraction of sp³-hybridized carbons (Fsp3) is 0.355. The number of nitrogens with zero attached hydrogens (tertiary/aromatic N) is 5. The number of anilines is 3. The number of pyridine rings is 1. The summed E-state index contributed by atoms with van der Waals surface area (Å²) in [7, 11) is -2.37. The highest BCUT2D eigenvalue weighted by molar-refractivity contribution is 7.92. The van der Waals surface area contributed by atoms with Crippen molar-refractivity contribution in [2.24, 2.45) is 0 Å². The van der Waals surface area contributed by atoms with E-state index in [1.165, 1.54) is 41.9 Å². The standard InChI is InChI=1S/C31H32F3N7O7S/c1-46-30-24(39-49(2,44)45)13-18(16-35-30)26-21-14-19(32)15-25(27(21)37-31(36-26)41-7-9-47-10-8-41)48-20-3-5-40(6-4-20)28-22(33)11-17(12-23(28)34)29(42)38-43/h11-16,20,39,43H,3-10H2,1-2H3,(H,38,42). The number of hydrogen-bond donors (Lipinski definition) is 3. The fourth-order valence-electron chi connectivity index (χ4n) is 5.83. The van der Waals surface area contributed by atoms with Crippen LogP contribution in [0.25, 0.3) is 22.2 Å². The molecule has 0 aliphatic carbocycles. The molecule has 0 spiro atoms. The number of nitrogens with one attached hydrogen (secondary N) is 2. The van der Waals surface area contributed by atoms with Gasteiger partial charge < -0.3 is 24.0 Å². The van der Waals surface area contributed by atoms with Gasteiger partial charge in [-0.25, -0.2) is 42.0 Å². The monoisotopic (exact) mass is 703 g/mol. The van der Waals surface area contributed by atoms with E-state index in [0.29, 0.717) is 56.2 Å². The Labute approximate surface area is 278 Å². The molecule has 260 valence electrons. The van der Waals surface area contributed by atoms with E-state index in [2.05, 4.69) is 9.71 Å². The quantitative estimate of drug-likeness (QED) is 0.172. The van der Waals surface area contributed by atoms with Crippen molar-refractivity contribution in [3.8, 4) is 22.9 Å². The van der Waals surface area contributed by atoms with Crippen LogP contribution in [0.1, 0.15) is 23.2 Å². The third kappa shape index (κ3) is 7.40. The zero-order valence-electron chi connectivity index (χ0n) is 26.4. The second-order valence-corrected chi connectivity index (χ2v) is 13.2. The number of sulfonamides is 1. The van der Waals surface area contributed by atoms with Crippen molar-refractivity contribution < 1.29 is 45.8 Å². The Morgan fingerprint density at radius 3 is 2.33 bits per heavy atom. The second-order valence-electron chi connectivity index (χ2n) is 11.5.